The average molecular weight is 687 g/mol. The van der Waals surface area contributed by atoms with Crippen molar-refractivity contribution in [2.24, 2.45) is 5.10 Å². The number of nitrogens with one attached hydrogen (secondary N) is 2. The lowest BCUT2D eigenvalue weighted by molar-refractivity contribution is -0.180. The molecule has 0 saturated heterocycles. The quantitative estimate of drug-likeness (QED) is 0.272. The van der Waals surface area contributed by atoms with E-state index in [1.165, 1.54) is 25.1 Å². The van der Waals surface area contributed by atoms with E-state index in [1.807, 2.05) is 35.8 Å². The number of carbonyl (C=O) groups excluding carboxylic acids is 2. The molecule has 2 atom stereocenters. The highest BCUT2D eigenvalue weighted by Crippen LogP contribution is 2.36. The number of hydrogen-bond donors (Lipinski definition) is 2. The second kappa shape index (κ2) is 12.3. The van der Waals surface area contributed by atoms with Gasteiger partial charge in [0, 0.05) is 21.8 Å². The number of aromatic nitrogens is 1. The van der Waals surface area contributed by atoms with Crippen LogP contribution in [0.3, 0.4) is 0 Å². The molecule has 7 nitrogen and oxygen atoms in total. The van der Waals surface area contributed by atoms with Crippen LogP contribution < -0.4 is 10.6 Å². The van der Waals surface area contributed by atoms with Gasteiger partial charge in [-0.15, -0.1) is 0 Å². The van der Waals surface area contributed by atoms with Crippen molar-refractivity contribution in [3.63, 3.8) is 0 Å². The van der Waals surface area contributed by atoms with Crippen LogP contribution in [0.5, 0.6) is 0 Å². The van der Waals surface area contributed by atoms with Gasteiger partial charge in [-0.05, 0) is 67.0 Å². The molecular weight excluding hydrogens is 663 g/mol. The lowest BCUT2D eigenvalue weighted by Gasteiger charge is -2.25. The Morgan fingerprint density at radius 1 is 1.15 bits per heavy atom. The molecule has 212 valence electrons. The van der Waals surface area contributed by atoms with Crippen molar-refractivity contribution >= 4 is 57.6 Å². The van der Waals surface area contributed by atoms with E-state index in [0.29, 0.717) is 14.3 Å². The van der Waals surface area contributed by atoms with Crippen LogP contribution in [0.2, 0.25) is 0 Å². The summed E-state index contributed by atoms with van der Waals surface area (Å²) in [6.07, 6.45) is -9.30. The SMILES string of the molecule is CSC[C@H](C)NC(=O)c1c(I)cccc1C(=O)Nc1ccc(CN2N=C(C(F)(F)F)CC2C(F)(F)F)nc1C. The number of amides is 2. The Morgan fingerprint density at radius 2 is 1.85 bits per heavy atom. The number of nitrogens with zero attached hydrogens (tertiary/aromatic N) is 3. The molecule has 0 radical (unpaired) electrons. The number of carbonyl (C=O) groups is 2. The predicted molar refractivity (Wildman–Crippen MR) is 145 cm³/mol. The highest BCUT2D eigenvalue weighted by molar-refractivity contribution is 14.1. The van der Waals surface area contributed by atoms with Crippen LogP contribution in [0.15, 0.2) is 35.4 Å². The van der Waals surface area contributed by atoms with E-state index in [9.17, 15) is 35.9 Å². The maximum Gasteiger partial charge on any atom is 0.431 e. The Balaban J connectivity index is 1.80. The zero-order chi connectivity index (χ0) is 29.1. The highest BCUT2D eigenvalue weighted by atomic mass is 127. The third-order valence-electron chi connectivity index (χ3n) is 5.70. The first-order valence-electron chi connectivity index (χ1n) is 11.5. The summed E-state index contributed by atoms with van der Waals surface area (Å²) in [5.74, 6) is -0.344. The van der Waals surface area contributed by atoms with Gasteiger partial charge in [-0.2, -0.15) is 43.2 Å². The van der Waals surface area contributed by atoms with Crippen LogP contribution in [-0.2, 0) is 6.54 Å². The average Bonchev–Trinajstić information content (AvgIpc) is 3.25. The fraction of sp³-hybridized carbons (Fsp3) is 0.417. The molecule has 0 spiro atoms. The molecule has 39 heavy (non-hydrogen) atoms. The van der Waals surface area contributed by atoms with Gasteiger partial charge in [-0.25, -0.2) is 0 Å². The fourth-order valence-corrected chi connectivity index (χ4v) is 5.20. The standard InChI is InChI=1S/C24H24F6IN5O2S/c1-12(11-39-3)32-22(38)20-15(5-4-6-16(20)31)21(37)34-17-8-7-14(33-13(17)2)10-36-19(24(28,29)30)9-18(35-36)23(25,26)27/h4-8,12,19H,9-11H2,1-3H3,(H,32,38)(H,34,37)/t12-,19?/m0/s1. The summed E-state index contributed by atoms with van der Waals surface area (Å²) in [7, 11) is 0. The summed E-state index contributed by atoms with van der Waals surface area (Å²) in [4.78, 5) is 30.2. The molecule has 2 amide bonds. The molecule has 1 aromatic heterocycles. The number of rotatable bonds is 8. The zero-order valence-corrected chi connectivity index (χ0v) is 23.8. The molecule has 2 aromatic rings. The van der Waals surface area contributed by atoms with E-state index in [4.69, 9.17) is 0 Å². The van der Waals surface area contributed by atoms with Gasteiger partial charge in [-0.3, -0.25) is 19.6 Å². The summed E-state index contributed by atoms with van der Waals surface area (Å²) in [6.45, 7) is 2.71. The molecule has 1 aromatic carbocycles. The monoisotopic (exact) mass is 687 g/mol. The summed E-state index contributed by atoms with van der Waals surface area (Å²) in [5.41, 5.74) is -0.740. The maximum atomic E-state index is 13.4. The molecule has 1 unspecified atom stereocenters. The van der Waals surface area contributed by atoms with Crippen molar-refractivity contribution in [1.29, 1.82) is 0 Å². The van der Waals surface area contributed by atoms with Crippen LogP contribution in [0, 0.1) is 10.5 Å². The normalized spacial score (nSPS) is 16.6. The van der Waals surface area contributed by atoms with E-state index in [1.54, 1.807) is 23.9 Å². The van der Waals surface area contributed by atoms with Gasteiger partial charge < -0.3 is 10.6 Å². The van der Waals surface area contributed by atoms with Crippen LogP contribution in [-0.4, -0.2) is 64.0 Å². The molecule has 3 rings (SSSR count). The number of aryl methyl sites for hydroxylation is 1. The Hall–Kier alpha value is -2.56. The van der Waals surface area contributed by atoms with E-state index >= 15 is 0 Å². The summed E-state index contributed by atoms with van der Waals surface area (Å²) in [5, 5.41) is 9.00. The van der Waals surface area contributed by atoms with Gasteiger partial charge >= 0.3 is 12.4 Å². The summed E-state index contributed by atoms with van der Waals surface area (Å²) in [6, 6.07) is 4.91. The lowest BCUT2D eigenvalue weighted by atomic mass is 10.1. The molecule has 1 aliphatic rings. The van der Waals surface area contributed by atoms with Crippen molar-refractivity contribution in [3.05, 3.63) is 56.4 Å². The van der Waals surface area contributed by atoms with Crippen LogP contribution in [0.4, 0.5) is 32.0 Å². The van der Waals surface area contributed by atoms with Gasteiger partial charge in [0.05, 0.1) is 34.7 Å². The molecule has 0 saturated carbocycles. The zero-order valence-electron chi connectivity index (χ0n) is 20.9. The largest absolute Gasteiger partial charge is 0.431 e. The van der Waals surface area contributed by atoms with Crippen LogP contribution >= 0.6 is 34.4 Å². The number of pyridine rings is 1. The number of thioether (sulfide) groups is 1. The number of benzene rings is 1. The van der Waals surface area contributed by atoms with E-state index in [0.717, 1.165) is 0 Å². The molecular formula is C24H24F6IN5O2S. The van der Waals surface area contributed by atoms with Crippen molar-refractivity contribution in [2.45, 2.75) is 51.2 Å². The molecule has 0 aliphatic carbocycles. The van der Waals surface area contributed by atoms with Crippen LogP contribution in [0.1, 0.15) is 45.4 Å². The third kappa shape index (κ3) is 7.77. The van der Waals surface area contributed by atoms with Crippen molar-refractivity contribution in [2.75, 3.05) is 17.3 Å². The Bertz CT molecular complexity index is 1270. The molecule has 1 aliphatic heterocycles. The van der Waals surface area contributed by atoms with E-state index < -0.39 is 48.9 Å². The minimum Gasteiger partial charge on any atom is -0.349 e. The number of alkyl halides is 6. The highest BCUT2D eigenvalue weighted by Gasteiger charge is 2.52. The Kier molecular flexibility index (Phi) is 9.78. The first-order chi connectivity index (χ1) is 18.1. The topological polar surface area (TPSA) is 86.7 Å². The number of anilines is 1. The van der Waals surface area contributed by atoms with E-state index in [-0.39, 0.29) is 34.2 Å². The minimum absolute atomic E-state index is 0.0315. The lowest BCUT2D eigenvalue weighted by Crippen LogP contribution is -2.40. The minimum atomic E-state index is -4.98. The molecule has 0 fully saturated rings. The number of hydrogen-bond acceptors (Lipinski definition) is 6. The summed E-state index contributed by atoms with van der Waals surface area (Å²) < 4.78 is 79.7. The van der Waals surface area contributed by atoms with Gasteiger partial charge in [-0.1, -0.05) is 6.07 Å². The van der Waals surface area contributed by atoms with Gasteiger partial charge in [0.15, 0.2) is 0 Å². The smallest absolute Gasteiger partial charge is 0.349 e. The van der Waals surface area contributed by atoms with Crippen LogP contribution in [0.25, 0.3) is 0 Å². The molecule has 15 heteroatoms. The third-order valence-corrected chi connectivity index (χ3v) is 7.43. The fourth-order valence-electron chi connectivity index (χ4n) is 3.88. The molecule has 0 bridgehead atoms. The molecule has 2 heterocycles. The summed E-state index contributed by atoms with van der Waals surface area (Å²) >= 11 is 3.52. The maximum absolute atomic E-state index is 13.4. The predicted octanol–water partition coefficient (Wildman–Crippen LogP) is 5.78. The van der Waals surface area contributed by atoms with Crippen molar-refractivity contribution < 1.29 is 35.9 Å². The number of halogens is 7. The van der Waals surface area contributed by atoms with Crippen molar-refractivity contribution in [3.8, 4) is 0 Å². The second-order valence-electron chi connectivity index (χ2n) is 8.79. The number of hydrazone groups is 1. The van der Waals surface area contributed by atoms with Crippen molar-refractivity contribution in [1.82, 2.24) is 15.3 Å². The molecule has 2 N–H and O–H groups in total. The first kappa shape index (κ1) is 31.0. The van der Waals surface area contributed by atoms with E-state index in [2.05, 4.69) is 20.7 Å². The van der Waals surface area contributed by atoms with Gasteiger partial charge in [0.1, 0.15) is 11.8 Å². The first-order valence-corrected chi connectivity index (χ1v) is 13.9. The Labute approximate surface area is 238 Å². The second-order valence-corrected chi connectivity index (χ2v) is 10.9. The Morgan fingerprint density at radius 3 is 2.44 bits per heavy atom. The van der Waals surface area contributed by atoms with Gasteiger partial charge in [0.25, 0.3) is 11.8 Å². The van der Waals surface area contributed by atoms with Gasteiger partial charge in [0.2, 0.25) is 0 Å².